The predicted octanol–water partition coefficient (Wildman–Crippen LogP) is 4.28. The number of nitrogens with zero attached hydrogens (tertiary/aromatic N) is 4. The van der Waals surface area contributed by atoms with Crippen molar-refractivity contribution in [1.29, 1.82) is 0 Å². The highest BCUT2D eigenvalue weighted by Gasteiger charge is 2.29. The molecule has 0 radical (unpaired) electrons. The Kier molecular flexibility index (Phi) is 5.99. The maximum Gasteiger partial charge on any atom is 0.215 e. The Labute approximate surface area is 177 Å². The van der Waals surface area contributed by atoms with E-state index in [4.69, 9.17) is 21.1 Å². The third kappa shape index (κ3) is 4.53. The third-order valence-electron chi connectivity index (χ3n) is 5.94. The van der Waals surface area contributed by atoms with Gasteiger partial charge in [-0.25, -0.2) is 9.97 Å². The minimum Gasteiger partial charge on any atom is -0.488 e. The summed E-state index contributed by atoms with van der Waals surface area (Å²) < 4.78 is 11.5. The van der Waals surface area contributed by atoms with Crippen LogP contribution < -0.4 is 19.3 Å². The monoisotopic (exact) mass is 416 g/mol. The minimum absolute atomic E-state index is 0.160. The van der Waals surface area contributed by atoms with Crippen LogP contribution in [0.2, 0.25) is 5.02 Å². The first kappa shape index (κ1) is 20.1. The highest BCUT2D eigenvalue weighted by Crippen LogP contribution is 2.33. The van der Waals surface area contributed by atoms with Gasteiger partial charge in [-0.3, -0.25) is 0 Å². The third-order valence-corrected chi connectivity index (χ3v) is 6.23. The Morgan fingerprint density at radius 3 is 2.52 bits per heavy atom. The SMILES string of the molecule is COc1cc(N2CCC(Oc3ccc(N4CCC(C)C4)nc3)C(C)C2)c(Cl)cn1. The summed E-state index contributed by atoms with van der Waals surface area (Å²) in [6.45, 7) is 8.43. The molecule has 2 aliphatic heterocycles. The Bertz CT molecular complexity index is 832. The zero-order chi connectivity index (χ0) is 20.4. The van der Waals surface area contributed by atoms with Crippen LogP contribution in [0.5, 0.6) is 11.6 Å². The Morgan fingerprint density at radius 2 is 1.86 bits per heavy atom. The fourth-order valence-electron chi connectivity index (χ4n) is 4.23. The molecule has 2 aromatic heterocycles. The molecule has 156 valence electrons. The van der Waals surface area contributed by atoms with Gasteiger partial charge < -0.3 is 19.3 Å². The molecule has 0 amide bonds. The van der Waals surface area contributed by atoms with Gasteiger partial charge in [0.1, 0.15) is 17.7 Å². The van der Waals surface area contributed by atoms with E-state index in [0.29, 0.717) is 16.8 Å². The van der Waals surface area contributed by atoms with Crippen molar-refractivity contribution in [3.05, 3.63) is 35.6 Å². The molecule has 3 unspecified atom stereocenters. The number of ether oxygens (including phenoxy) is 2. The highest BCUT2D eigenvalue weighted by molar-refractivity contribution is 6.33. The second kappa shape index (κ2) is 8.66. The molecule has 3 atom stereocenters. The molecule has 6 nitrogen and oxygen atoms in total. The second-order valence-corrected chi connectivity index (χ2v) is 8.65. The highest BCUT2D eigenvalue weighted by atomic mass is 35.5. The van der Waals surface area contributed by atoms with Crippen molar-refractivity contribution in [1.82, 2.24) is 9.97 Å². The van der Waals surface area contributed by atoms with Gasteiger partial charge in [0.2, 0.25) is 5.88 Å². The summed E-state index contributed by atoms with van der Waals surface area (Å²) in [4.78, 5) is 13.4. The van der Waals surface area contributed by atoms with Gasteiger partial charge in [0, 0.05) is 44.6 Å². The molecule has 0 saturated carbocycles. The normalized spacial score (nSPS) is 24.6. The molecule has 4 rings (SSSR count). The molecule has 0 bridgehead atoms. The number of piperidine rings is 1. The van der Waals surface area contributed by atoms with Crippen LogP contribution in [0.15, 0.2) is 30.6 Å². The summed E-state index contributed by atoms with van der Waals surface area (Å²) >= 11 is 6.37. The number of anilines is 2. The number of hydrogen-bond donors (Lipinski definition) is 0. The zero-order valence-electron chi connectivity index (χ0n) is 17.3. The van der Waals surface area contributed by atoms with E-state index in [1.807, 2.05) is 12.3 Å². The quantitative estimate of drug-likeness (QED) is 0.725. The number of hydrogen-bond acceptors (Lipinski definition) is 6. The van der Waals surface area contributed by atoms with E-state index >= 15 is 0 Å². The summed E-state index contributed by atoms with van der Waals surface area (Å²) in [5.74, 6) is 3.57. The van der Waals surface area contributed by atoms with E-state index in [-0.39, 0.29) is 6.10 Å². The molecule has 2 aliphatic rings. The maximum atomic E-state index is 6.37. The minimum atomic E-state index is 0.160. The first-order valence-corrected chi connectivity index (χ1v) is 10.7. The standard InChI is InChI=1S/C22H29ClN4O2/c1-15-6-8-27(13-15)21-5-4-17(11-24-21)29-20-7-9-26(14-16(20)2)19-10-22(28-3)25-12-18(19)23/h4-5,10-12,15-16,20H,6-9,13-14H2,1-3H3. The number of pyridine rings is 2. The first-order valence-electron chi connectivity index (χ1n) is 10.4. The van der Waals surface area contributed by atoms with Crippen molar-refractivity contribution in [2.75, 3.05) is 43.1 Å². The molecule has 0 aromatic carbocycles. The molecule has 0 spiro atoms. The van der Waals surface area contributed by atoms with Crippen molar-refractivity contribution in [2.24, 2.45) is 11.8 Å². The predicted molar refractivity (Wildman–Crippen MR) is 116 cm³/mol. The van der Waals surface area contributed by atoms with Crippen LogP contribution in [-0.4, -0.2) is 49.4 Å². The van der Waals surface area contributed by atoms with Gasteiger partial charge in [0.25, 0.3) is 0 Å². The molecular formula is C22H29ClN4O2. The molecule has 29 heavy (non-hydrogen) atoms. The molecule has 4 heterocycles. The molecule has 2 saturated heterocycles. The Hall–Kier alpha value is -2.21. The summed E-state index contributed by atoms with van der Waals surface area (Å²) in [5, 5.41) is 0.647. The largest absolute Gasteiger partial charge is 0.488 e. The van der Waals surface area contributed by atoms with Crippen LogP contribution in [-0.2, 0) is 0 Å². The Balaban J connectivity index is 1.37. The molecule has 0 N–H and O–H groups in total. The fraction of sp³-hybridized carbons (Fsp3) is 0.545. The summed E-state index contributed by atoms with van der Waals surface area (Å²) in [7, 11) is 1.62. The lowest BCUT2D eigenvalue weighted by atomic mass is 9.96. The van der Waals surface area contributed by atoms with E-state index in [1.165, 1.54) is 6.42 Å². The van der Waals surface area contributed by atoms with Crippen molar-refractivity contribution in [3.8, 4) is 11.6 Å². The van der Waals surface area contributed by atoms with Gasteiger partial charge in [-0.05, 0) is 24.5 Å². The molecule has 2 aromatic rings. The van der Waals surface area contributed by atoms with Gasteiger partial charge in [-0.2, -0.15) is 0 Å². The van der Waals surface area contributed by atoms with E-state index < -0.39 is 0 Å². The molecule has 0 aliphatic carbocycles. The van der Waals surface area contributed by atoms with Gasteiger partial charge in [-0.15, -0.1) is 0 Å². The number of rotatable bonds is 5. The lowest BCUT2D eigenvalue weighted by Crippen LogP contribution is -2.44. The van der Waals surface area contributed by atoms with Crippen molar-refractivity contribution in [2.45, 2.75) is 32.8 Å². The van der Waals surface area contributed by atoms with Crippen molar-refractivity contribution in [3.63, 3.8) is 0 Å². The van der Waals surface area contributed by atoms with E-state index in [2.05, 4.69) is 45.7 Å². The van der Waals surface area contributed by atoms with Crippen molar-refractivity contribution < 1.29 is 9.47 Å². The summed E-state index contributed by atoms with van der Waals surface area (Å²) in [6, 6.07) is 6.03. The van der Waals surface area contributed by atoms with Crippen LogP contribution in [0.3, 0.4) is 0 Å². The lowest BCUT2D eigenvalue weighted by molar-refractivity contribution is 0.121. The van der Waals surface area contributed by atoms with Crippen LogP contribution in [0, 0.1) is 11.8 Å². The lowest BCUT2D eigenvalue weighted by Gasteiger charge is -2.38. The average Bonchev–Trinajstić information content (AvgIpc) is 3.17. The maximum absolute atomic E-state index is 6.37. The van der Waals surface area contributed by atoms with Gasteiger partial charge in [0.15, 0.2) is 0 Å². The summed E-state index contributed by atoms with van der Waals surface area (Å²) in [6.07, 6.45) is 5.84. The van der Waals surface area contributed by atoms with E-state index in [1.54, 1.807) is 13.3 Å². The van der Waals surface area contributed by atoms with Crippen LogP contribution in [0.1, 0.15) is 26.7 Å². The van der Waals surface area contributed by atoms with Crippen LogP contribution in [0.25, 0.3) is 0 Å². The molecular weight excluding hydrogens is 388 g/mol. The average molecular weight is 417 g/mol. The zero-order valence-corrected chi connectivity index (χ0v) is 18.1. The van der Waals surface area contributed by atoms with E-state index in [9.17, 15) is 0 Å². The fourth-order valence-corrected chi connectivity index (χ4v) is 4.45. The number of aromatic nitrogens is 2. The van der Waals surface area contributed by atoms with Gasteiger partial charge in [0.05, 0.1) is 30.2 Å². The Morgan fingerprint density at radius 1 is 1.03 bits per heavy atom. The van der Waals surface area contributed by atoms with Crippen LogP contribution in [0.4, 0.5) is 11.5 Å². The van der Waals surface area contributed by atoms with Crippen molar-refractivity contribution >= 4 is 23.1 Å². The van der Waals surface area contributed by atoms with Crippen LogP contribution >= 0.6 is 11.6 Å². The van der Waals surface area contributed by atoms with Gasteiger partial charge >= 0.3 is 0 Å². The molecule has 7 heteroatoms. The smallest absolute Gasteiger partial charge is 0.215 e. The van der Waals surface area contributed by atoms with Gasteiger partial charge in [-0.1, -0.05) is 25.4 Å². The molecule has 2 fully saturated rings. The van der Waals surface area contributed by atoms with E-state index in [0.717, 1.165) is 55.8 Å². The topological polar surface area (TPSA) is 50.7 Å². The first-order chi connectivity index (χ1) is 14.0. The second-order valence-electron chi connectivity index (χ2n) is 8.24. The number of halogens is 1. The number of methoxy groups -OCH3 is 1. The summed E-state index contributed by atoms with van der Waals surface area (Å²) in [5.41, 5.74) is 0.967.